The highest BCUT2D eigenvalue weighted by Crippen LogP contribution is 2.32. The highest BCUT2D eigenvalue weighted by Gasteiger charge is 2.32. The van der Waals surface area contributed by atoms with Crippen molar-refractivity contribution >= 4 is 27.3 Å². The quantitative estimate of drug-likeness (QED) is 0.601. The van der Waals surface area contributed by atoms with Crippen molar-refractivity contribution in [3.05, 3.63) is 70.8 Å². The molecule has 0 spiro atoms. The Morgan fingerprint density at radius 3 is 2.50 bits per heavy atom. The van der Waals surface area contributed by atoms with Crippen LogP contribution in [0.25, 0.3) is 5.82 Å². The predicted molar refractivity (Wildman–Crippen MR) is 95.5 cm³/mol. The lowest BCUT2D eigenvalue weighted by Crippen LogP contribution is -2.17. The molecule has 0 aliphatic rings. The van der Waals surface area contributed by atoms with Crippen LogP contribution in [0.1, 0.15) is 11.1 Å². The first-order valence-electron chi connectivity index (χ1n) is 7.68. The normalized spacial score (nSPS) is 12.2. The van der Waals surface area contributed by atoms with Gasteiger partial charge in [0.25, 0.3) is 10.0 Å². The molecule has 2 heterocycles. The van der Waals surface area contributed by atoms with Crippen LogP contribution in [0.15, 0.2) is 53.8 Å². The number of aryl methyl sites for hydroxylation is 1. The van der Waals surface area contributed by atoms with E-state index in [9.17, 15) is 26.0 Å². The summed E-state index contributed by atoms with van der Waals surface area (Å²) in [5.41, 5.74) is -0.695. The van der Waals surface area contributed by atoms with E-state index in [1.807, 2.05) is 0 Å². The topological polar surface area (TPSA) is 64.0 Å². The second-order valence-electron chi connectivity index (χ2n) is 5.81. The fourth-order valence-corrected chi connectivity index (χ4v) is 3.90. The Bertz CT molecular complexity index is 1140. The Balaban J connectivity index is 2.00. The standard InChI is InChI=1S/C17H12ClF4N3O2S/c1-10-7-12(4-5-14(10)19)24-28(26,27)15-3-2-6-25(15)16-13(18)8-11(9-23-16)17(20,21)22/h2-9,24H,1H3. The average Bonchev–Trinajstić information content (AvgIpc) is 3.07. The molecule has 1 N–H and O–H groups in total. The van der Waals surface area contributed by atoms with E-state index in [1.165, 1.54) is 37.4 Å². The molecule has 1 aromatic carbocycles. The van der Waals surface area contributed by atoms with Gasteiger partial charge in [0.05, 0.1) is 10.6 Å². The molecular formula is C17H12ClF4N3O2S. The van der Waals surface area contributed by atoms with E-state index in [4.69, 9.17) is 11.6 Å². The van der Waals surface area contributed by atoms with Gasteiger partial charge in [-0.25, -0.2) is 9.37 Å². The molecule has 0 fully saturated rings. The maximum atomic E-state index is 13.4. The minimum atomic E-state index is -4.64. The summed E-state index contributed by atoms with van der Waals surface area (Å²) in [5, 5.41) is -0.677. The summed E-state index contributed by atoms with van der Waals surface area (Å²) in [6.45, 7) is 1.47. The molecule has 3 rings (SSSR count). The maximum absolute atomic E-state index is 13.4. The Kier molecular flexibility index (Phi) is 5.11. The van der Waals surface area contributed by atoms with Crippen molar-refractivity contribution < 1.29 is 26.0 Å². The summed E-state index contributed by atoms with van der Waals surface area (Å²) in [6, 6.07) is 6.94. The number of nitrogens with one attached hydrogen (secondary N) is 1. The van der Waals surface area contributed by atoms with Crippen LogP contribution < -0.4 is 4.72 Å². The van der Waals surface area contributed by atoms with Gasteiger partial charge in [-0.2, -0.15) is 21.6 Å². The second kappa shape index (κ2) is 7.10. The van der Waals surface area contributed by atoms with Gasteiger partial charge in [-0.15, -0.1) is 0 Å². The van der Waals surface area contributed by atoms with Crippen LogP contribution in [-0.4, -0.2) is 18.0 Å². The van der Waals surface area contributed by atoms with E-state index in [0.717, 1.165) is 10.6 Å². The van der Waals surface area contributed by atoms with Gasteiger partial charge in [0.2, 0.25) is 0 Å². The predicted octanol–water partition coefficient (Wildman–Crippen LogP) is 4.79. The highest BCUT2D eigenvalue weighted by atomic mass is 35.5. The third kappa shape index (κ3) is 3.97. The second-order valence-corrected chi connectivity index (χ2v) is 7.85. The highest BCUT2D eigenvalue weighted by molar-refractivity contribution is 7.92. The minimum Gasteiger partial charge on any atom is -0.289 e. The minimum absolute atomic E-state index is 0.123. The first-order valence-corrected chi connectivity index (χ1v) is 9.54. The summed E-state index contributed by atoms with van der Waals surface area (Å²) < 4.78 is 80.5. The molecule has 0 aliphatic heterocycles. The zero-order chi connectivity index (χ0) is 20.7. The van der Waals surface area contributed by atoms with Gasteiger partial charge in [0, 0.05) is 18.1 Å². The van der Waals surface area contributed by atoms with E-state index in [2.05, 4.69) is 9.71 Å². The van der Waals surface area contributed by atoms with Gasteiger partial charge in [-0.05, 0) is 48.9 Å². The summed E-state index contributed by atoms with van der Waals surface area (Å²) in [6.07, 6.45) is -2.77. The molecule has 11 heteroatoms. The summed E-state index contributed by atoms with van der Waals surface area (Å²) in [5.74, 6) is -0.678. The van der Waals surface area contributed by atoms with Crippen LogP contribution in [0.2, 0.25) is 5.02 Å². The van der Waals surface area contributed by atoms with Crippen LogP contribution in [0.3, 0.4) is 0 Å². The van der Waals surface area contributed by atoms with Gasteiger partial charge >= 0.3 is 6.18 Å². The van der Waals surface area contributed by atoms with Crippen LogP contribution >= 0.6 is 11.6 Å². The Morgan fingerprint density at radius 2 is 1.89 bits per heavy atom. The van der Waals surface area contributed by atoms with Crippen LogP contribution in [-0.2, 0) is 16.2 Å². The Hall–Kier alpha value is -2.59. The van der Waals surface area contributed by atoms with E-state index in [1.54, 1.807) is 0 Å². The van der Waals surface area contributed by atoms with Gasteiger partial charge in [0.1, 0.15) is 5.82 Å². The zero-order valence-corrected chi connectivity index (χ0v) is 15.7. The molecule has 0 unspecified atom stereocenters. The van der Waals surface area contributed by atoms with Gasteiger partial charge in [-0.1, -0.05) is 11.6 Å². The van der Waals surface area contributed by atoms with E-state index >= 15 is 0 Å². The number of halogens is 5. The molecule has 28 heavy (non-hydrogen) atoms. The third-order valence-electron chi connectivity index (χ3n) is 3.77. The smallest absolute Gasteiger partial charge is 0.289 e. The molecule has 0 amide bonds. The van der Waals surface area contributed by atoms with E-state index in [-0.39, 0.29) is 27.1 Å². The lowest BCUT2D eigenvalue weighted by atomic mass is 10.2. The summed E-state index contributed by atoms with van der Waals surface area (Å²) >= 11 is 5.91. The van der Waals surface area contributed by atoms with E-state index in [0.29, 0.717) is 12.3 Å². The molecule has 3 aromatic rings. The number of alkyl halides is 3. The fourth-order valence-electron chi connectivity index (χ4n) is 2.44. The van der Waals surface area contributed by atoms with Crippen molar-refractivity contribution in [3.63, 3.8) is 0 Å². The van der Waals surface area contributed by atoms with Gasteiger partial charge in [0.15, 0.2) is 10.8 Å². The average molecular weight is 434 g/mol. The van der Waals surface area contributed by atoms with Crippen molar-refractivity contribution in [2.24, 2.45) is 0 Å². The molecule has 0 bridgehead atoms. The van der Waals surface area contributed by atoms with Crippen molar-refractivity contribution in [2.45, 2.75) is 18.1 Å². The molecule has 2 aromatic heterocycles. The monoisotopic (exact) mass is 433 g/mol. The lowest BCUT2D eigenvalue weighted by Gasteiger charge is -2.14. The number of pyridine rings is 1. The SMILES string of the molecule is Cc1cc(NS(=O)(=O)c2cccn2-c2ncc(C(F)(F)F)cc2Cl)ccc1F. The van der Waals surface area contributed by atoms with Crippen molar-refractivity contribution in [1.29, 1.82) is 0 Å². The number of anilines is 1. The molecule has 0 saturated heterocycles. The molecule has 0 aliphatic carbocycles. The molecule has 0 atom stereocenters. The van der Waals surface area contributed by atoms with Gasteiger partial charge < -0.3 is 0 Å². The molecule has 5 nitrogen and oxygen atoms in total. The largest absolute Gasteiger partial charge is 0.417 e. The number of aromatic nitrogens is 2. The zero-order valence-electron chi connectivity index (χ0n) is 14.1. The van der Waals surface area contributed by atoms with E-state index < -0.39 is 27.6 Å². The summed E-state index contributed by atoms with van der Waals surface area (Å²) in [7, 11) is -4.16. The van der Waals surface area contributed by atoms with Crippen molar-refractivity contribution in [1.82, 2.24) is 9.55 Å². The first-order chi connectivity index (χ1) is 13.0. The molecule has 148 valence electrons. The van der Waals surface area contributed by atoms with Crippen LogP contribution in [0.4, 0.5) is 23.2 Å². The fraction of sp³-hybridized carbons (Fsp3) is 0.118. The number of hydrogen-bond acceptors (Lipinski definition) is 3. The first kappa shape index (κ1) is 20.2. The summed E-state index contributed by atoms with van der Waals surface area (Å²) in [4.78, 5) is 3.66. The Labute approximate surface area is 162 Å². The van der Waals surface area contributed by atoms with Gasteiger partial charge in [-0.3, -0.25) is 9.29 Å². The van der Waals surface area contributed by atoms with Crippen molar-refractivity contribution in [3.8, 4) is 5.82 Å². The van der Waals surface area contributed by atoms with Crippen LogP contribution in [0, 0.1) is 12.7 Å². The number of nitrogens with zero attached hydrogens (tertiary/aromatic N) is 2. The Morgan fingerprint density at radius 1 is 1.18 bits per heavy atom. The molecule has 0 radical (unpaired) electrons. The number of benzene rings is 1. The number of rotatable bonds is 4. The number of sulfonamides is 1. The third-order valence-corrected chi connectivity index (χ3v) is 5.44. The number of hydrogen-bond donors (Lipinski definition) is 1. The van der Waals surface area contributed by atoms with Crippen LogP contribution in [0.5, 0.6) is 0 Å². The lowest BCUT2D eigenvalue weighted by molar-refractivity contribution is -0.137. The molecular weight excluding hydrogens is 422 g/mol. The molecule has 0 saturated carbocycles. The maximum Gasteiger partial charge on any atom is 0.417 e. The van der Waals surface area contributed by atoms with Crippen molar-refractivity contribution in [2.75, 3.05) is 4.72 Å².